The molecule has 3 aromatic rings. The molecular weight excluding hydrogens is 366 g/mol. The van der Waals surface area contributed by atoms with Crippen molar-refractivity contribution in [2.45, 2.75) is 25.3 Å². The highest BCUT2D eigenvalue weighted by Crippen LogP contribution is 2.19. The van der Waals surface area contributed by atoms with Crippen LogP contribution in [0.3, 0.4) is 0 Å². The fourth-order valence-corrected chi connectivity index (χ4v) is 3.42. The number of aromatic amines is 1. The lowest BCUT2D eigenvalue weighted by molar-refractivity contribution is -0.123. The van der Waals surface area contributed by atoms with E-state index in [9.17, 15) is 9.59 Å². The second-order valence-electron chi connectivity index (χ2n) is 7.00. The van der Waals surface area contributed by atoms with Gasteiger partial charge in [-0.3, -0.25) is 25.4 Å². The van der Waals surface area contributed by atoms with Crippen LogP contribution in [0.15, 0.2) is 65.8 Å². The number of para-hydroxylation sites is 1. The van der Waals surface area contributed by atoms with E-state index in [4.69, 9.17) is 0 Å². The van der Waals surface area contributed by atoms with Crippen LogP contribution in [-0.2, 0) is 11.2 Å². The molecule has 0 radical (unpaired) electrons. The first-order valence-electron chi connectivity index (χ1n) is 9.71. The molecule has 2 aromatic carbocycles. The van der Waals surface area contributed by atoms with Crippen LogP contribution in [0, 0.1) is 0 Å². The van der Waals surface area contributed by atoms with Gasteiger partial charge in [0, 0.05) is 42.0 Å². The number of aromatic nitrogens is 1. The van der Waals surface area contributed by atoms with Crippen LogP contribution < -0.4 is 16.2 Å². The number of nitrogens with one attached hydrogen (secondary N) is 4. The van der Waals surface area contributed by atoms with Gasteiger partial charge in [0.15, 0.2) is 0 Å². The Hall–Kier alpha value is -3.61. The maximum atomic E-state index is 12.9. The second kappa shape index (κ2) is 8.60. The van der Waals surface area contributed by atoms with Crippen molar-refractivity contribution >= 4 is 28.6 Å². The molecule has 0 bridgehead atoms. The molecule has 0 aliphatic carbocycles. The molecule has 148 valence electrons. The molecule has 2 amide bonds. The first-order valence-corrected chi connectivity index (χ1v) is 9.71. The zero-order chi connectivity index (χ0) is 20.1. The van der Waals surface area contributed by atoms with Gasteiger partial charge in [0.2, 0.25) is 0 Å². The van der Waals surface area contributed by atoms with Gasteiger partial charge in [0.1, 0.15) is 11.9 Å². The van der Waals surface area contributed by atoms with Gasteiger partial charge in [-0.25, -0.2) is 0 Å². The number of nitrogens with zero attached hydrogens (tertiary/aromatic N) is 1. The number of rotatable bonds is 5. The van der Waals surface area contributed by atoms with Gasteiger partial charge in [-0.15, -0.1) is 0 Å². The molecule has 1 aliphatic heterocycles. The fourth-order valence-electron chi connectivity index (χ4n) is 3.42. The Labute approximate surface area is 168 Å². The molecule has 7 nitrogen and oxygen atoms in total. The van der Waals surface area contributed by atoms with E-state index in [0.29, 0.717) is 12.0 Å². The zero-order valence-corrected chi connectivity index (χ0v) is 15.9. The first kappa shape index (κ1) is 18.7. The Morgan fingerprint density at radius 3 is 2.66 bits per heavy atom. The number of hydrogen-bond acceptors (Lipinski definition) is 4. The lowest BCUT2D eigenvalue weighted by Gasteiger charge is -2.19. The summed E-state index contributed by atoms with van der Waals surface area (Å²) in [6.45, 7) is 0.766. The van der Waals surface area contributed by atoms with Gasteiger partial charge in [-0.2, -0.15) is 0 Å². The molecule has 4 rings (SSSR count). The average molecular weight is 389 g/mol. The van der Waals surface area contributed by atoms with Crippen LogP contribution in [0.25, 0.3) is 10.9 Å². The molecule has 29 heavy (non-hydrogen) atoms. The van der Waals surface area contributed by atoms with Crippen molar-refractivity contribution < 1.29 is 9.59 Å². The third kappa shape index (κ3) is 4.45. The summed E-state index contributed by atoms with van der Waals surface area (Å²) in [5, 5.41) is 3.90. The minimum atomic E-state index is -0.739. The first-order chi connectivity index (χ1) is 14.2. The molecule has 4 N–H and O–H groups in total. The number of aliphatic imine (C=N–C) groups is 1. The van der Waals surface area contributed by atoms with E-state index in [1.165, 1.54) is 0 Å². The smallest absolute Gasteiger partial charge is 0.261 e. The van der Waals surface area contributed by atoms with Gasteiger partial charge in [0.25, 0.3) is 11.8 Å². The van der Waals surface area contributed by atoms with E-state index < -0.39 is 6.04 Å². The summed E-state index contributed by atoms with van der Waals surface area (Å²) in [5.74, 6) is 0.163. The molecule has 0 saturated heterocycles. The quantitative estimate of drug-likeness (QED) is 0.504. The van der Waals surface area contributed by atoms with E-state index in [1.807, 2.05) is 36.5 Å². The van der Waals surface area contributed by atoms with Crippen LogP contribution in [0.4, 0.5) is 0 Å². The molecule has 0 saturated carbocycles. The monoisotopic (exact) mass is 389 g/mol. The molecule has 0 fully saturated rings. The molecule has 1 aromatic heterocycles. The topological polar surface area (TPSA) is 98.4 Å². The zero-order valence-electron chi connectivity index (χ0n) is 15.9. The Morgan fingerprint density at radius 1 is 1.07 bits per heavy atom. The Kier molecular flexibility index (Phi) is 5.56. The van der Waals surface area contributed by atoms with Crippen LogP contribution in [0.2, 0.25) is 0 Å². The fraction of sp³-hybridized carbons (Fsp3) is 0.227. The third-order valence-corrected chi connectivity index (χ3v) is 4.96. The Balaban J connectivity index is 1.52. The van der Waals surface area contributed by atoms with Crippen LogP contribution in [0.5, 0.6) is 0 Å². The second-order valence-corrected chi connectivity index (χ2v) is 7.00. The van der Waals surface area contributed by atoms with E-state index in [-0.39, 0.29) is 11.8 Å². The van der Waals surface area contributed by atoms with Crippen molar-refractivity contribution in [3.63, 3.8) is 0 Å². The number of amides is 2. The van der Waals surface area contributed by atoms with Gasteiger partial charge < -0.3 is 10.3 Å². The van der Waals surface area contributed by atoms with Crippen molar-refractivity contribution in [1.82, 2.24) is 21.2 Å². The molecule has 1 aliphatic rings. The number of carbonyl (C=O) groups excluding carboxylic acids is 2. The van der Waals surface area contributed by atoms with Crippen molar-refractivity contribution in [3.8, 4) is 0 Å². The minimum absolute atomic E-state index is 0.288. The lowest BCUT2D eigenvalue weighted by Crippen LogP contribution is -2.53. The summed E-state index contributed by atoms with van der Waals surface area (Å²) >= 11 is 0. The van der Waals surface area contributed by atoms with Crippen LogP contribution in [0.1, 0.15) is 28.8 Å². The van der Waals surface area contributed by atoms with E-state index in [1.54, 1.807) is 24.3 Å². The molecular formula is C22H23N5O2. The highest BCUT2D eigenvalue weighted by molar-refractivity contribution is 5.98. The summed E-state index contributed by atoms with van der Waals surface area (Å²) in [6, 6.07) is 16.0. The number of hydrogen-bond donors (Lipinski definition) is 4. The van der Waals surface area contributed by atoms with E-state index in [2.05, 4.69) is 26.1 Å². The van der Waals surface area contributed by atoms with Crippen molar-refractivity contribution in [3.05, 3.63) is 71.9 Å². The van der Waals surface area contributed by atoms with Gasteiger partial charge in [-0.05, 0) is 30.2 Å². The Bertz CT molecular complexity index is 1040. The van der Waals surface area contributed by atoms with Crippen molar-refractivity contribution in [2.24, 2.45) is 4.99 Å². The number of carbonyl (C=O) groups is 2. The molecule has 7 heteroatoms. The summed E-state index contributed by atoms with van der Waals surface area (Å²) < 4.78 is 0. The lowest BCUT2D eigenvalue weighted by atomic mass is 10.0. The summed E-state index contributed by atoms with van der Waals surface area (Å²) in [4.78, 5) is 33.1. The van der Waals surface area contributed by atoms with Gasteiger partial charge in [-0.1, -0.05) is 36.4 Å². The Morgan fingerprint density at radius 2 is 1.86 bits per heavy atom. The maximum absolute atomic E-state index is 12.9. The molecule has 2 heterocycles. The average Bonchev–Trinajstić information content (AvgIpc) is 3.42. The molecule has 1 atom stereocenters. The highest BCUT2D eigenvalue weighted by atomic mass is 16.2. The van der Waals surface area contributed by atoms with Crippen LogP contribution >= 0.6 is 0 Å². The number of amidine groups is 1. The van der Waals surface area contributed by atoms with E-state index >= 15 is 0 Å². The highest BCUT2D eigenvalue weighted by Gasteiger charge is 2.23. The largest absolute Gasteiger partial charge is 0.361 e. The number of hydrazine groups is 1. The molecule has 0 spiro atoms. The maximum Gasteiger partial charge on any atom is 0.261 e. The predicted octanol–water partition coefficient (Wildman–Crippen LogP) is 2.32. The molecule has 0 unspecified atom stereocenters. The van der Waals surface area contributed by atoms with Crippen molar-refractivity contribution in [2.75, 3.05) is 6.54 Å². The summed E-state index contributed by atoms with van der Waals surface area (Å²) in [5.41, 5.74) is 8.05. The van der Waals surface area contributed by atoms with Crippen molar-refractivity contribution in [1.29, 1.82) is 0 Å². The number of H-pyrrole nitrogens is 1. The normalized spacial score (nSPS) is 14.3. The van der Waals surface area contributed by atoms with Crippen LogP contribution in [-0.4, -0.2) is 35.2 Å². The predicted molar refractivity (Wildman–Crippen MR) is 113 cm³/mol. The summed E-state index contributed by atoms with van der Waals surface area (Å²) in [7, 11) is 0. The minimum Gasteiger partial charge on any atom is -0.361 e. The van der Waals surface area contributed by atoms with Gasteiger partial charge >= 0.3 is 0 Å². The summed E-state index contributed by atoms with van der Waals surface area (Å²) in [6.07, 6.45) is 4.03. The van der Waals surface area contributed by atoms with Gasteiger partial charge in [0.05, 0.1) is 0 Å². The number of fused-ring (bicyclic) bond motifs is 1. The third-order valence-electron chi connectivity index (χ3n) is 4.96. The standard InChI is InChI=1S/C22H23N5O2/c28-21(15-7-2-1-3-8-15)25-19(22(29)27-26-20-11-6-12-23-20)13-16-14-24-18-10-5-4-9-17(16)18/h1-5,7-10,14,19,24H,6,11-13H2,(H,23,26)(H,25,28)(H,27,29)/t19-/m1/s1. The SMILES string of the molecule is O=C(N[C@H](Cc1c[nH]c2ccccc12)C(=O)NNC1=NCCC1)c1ccccc1. The number of benzene rings is 2. The van der Waals surface area contributed by atoms with E-state index in [0.717, 1.165) is 41.7 Å².